The molecule has 1 atom stereocenters. The third kappa shape index (κ3) is 3.52. The highest BCUT2D eigenvalue weighted by atomic mass is 35.5. The first kappa shape index (κ1) is 16.9. The SMILES string of the molecule is O=C(c1ccccc1)C(Sc1nc2cc(Cl)ccc2o1)c1ccccc1. The summed E-state index contributed by atoms with van der Waals surface area (Å²) in [6, 6.07) is 24.2. The number of nitrogens with zero attached hydrogens (tertiary/aromatic N) is 1. The van der Waals surface area contributed by atoms with E-state index in [2.05, 4.69) is 4.98 Å². The molecule has 3 aromatic carbocycles. The topological polar surface area (TPSA) is 43.1 Å². The van der Waals surface area contributed by atoms with E-state index >= 15 is 0 Å². The van der Waals surface area contributed by atoms with Gasteiger partial charge in [0.25, 0.3) is 5.22 Å². The normalized spacial score (nSPS) is 12.2. The third-order valence-corrected chi connectivity index (χ3v) is 5.28. The molecule has 0 radical (unpaired) electrons. The van der Waals surface area contributed by atoms with Crippen molar-refractivity contribution in [2.24, 2.45) is 0 Å². The van der Waals surface area contributed by atoms with Crippen LogP contribution in [-0.2, 0) is 0 Å². The third-order valence-electron chi connectivity index (χ3n) is 3.95. The molecule has 128 valence electrons. The van der Waals surface area contributed by atoms with E-state index in [0.717, 1.165) is 5.56 Å². The number of aromatic nitrogens is 1. The lowest BCUT2D eigenvalue weighted by Gasteiger charge is -2.14. The van der Waals surface area contributed by atoms with Crippen molar-refractivity contribution >= 4 is 40.2 Å². The molecular weight excluding hydrogens is 366 g/mol. The maximum Gasteiger partial charge on any atom is 0.257 e. The molecule has 0 aliphatic heterocycles. The van der Waals surface area contributed by atoms with E-state index in [9.17, 15) is 4.79 Å². The van der Waals surface area contributed by atoms with Crippen molar-refractivity contribution in [3.63, 3.8) is 0 Å². The zero-order chi connectivity index (χ0) is 17.9. The Morgan fingerprint density at radius 1 is 0.962 bits per heavy atom. The average Bonchev–Trinajstić information content (AvgIpc) is 3.08. The Kier molecular flexibility index (Phi) is 4.78. The molecule has 0 fully saturated rings. The van der Waals surface area contributed by atoms with Gasteiger partial charge in [-0.25, -0.2) is 4.98 Å². The van der Waals surface area contributed by atoms with Crippen LogP contribution in [0.4, 0.5) is 0 Å². The summed E-state index contributed by atoms with van der Waals surface area (Å²) in [7, 11) is 0. The first-order chi connectivity index (χ1) is 12.7. The Morgan fingerprint density at radius 2 is 1.65 bits per heavy atom. The van der Waals surface area contributed by atoms with Gasteiger partial charge in [0.05, 0.1) is 0 Å². The maximum atomic E-state index is 13.1. The molecule has 5 heteroatoms. The maximum absolute atomic E-state index is 13.1. The second-order valence-corrected chi connectivity index (χ2v) is 7.22. The van der Waals surface area contributed by atoms with Crippen molar-refractivity contribution in [1.82, 2.24) is 4.98 Å². The van der Waals surface area contributed by atoms with Crippen molar-refractivity contribution < 1.29 is 9.21 Å². The molecule has 4 aromatic rings. The zero-order valence-electron chi connectivity index (χ0n) is 13.6. The number of hydrogen-bond acceptors (Lipinski definition) is 4. The number of hydrogen-bond donors (Lipinski definition) is 0. The van der Waals surface area contributed by atoms with E-state index in [1.165, 1.54) is 11.8 Å². The summed E-state index contributed by atoms with van der Waals surface area (Å²) >= 11 is 7.32. The van der Waals surface area contributed by atoms with Gasteiger partial charge in [0.1, 0.15) is 10.8 Å². The molecule has 1 heterocycles. The van der Waals surface area contributed by atoms with E-state index in [0.29, 0.717) is 26.9 Å². The standard InChI is InChI=1S/C21H14ClNO2S/c22-16-11-12-18-17(13-16)23-21(25-18)26-20(15-9-5-2-6-10-15)19(24)14-7-3-1-4-8-14/h1-13,20H. The molecule has 0 aliphatic carbocycles. The molecule has 1 unspecified atom stereocenters. The molecule has 0 amide bonds. The van der Waals surface area contributed by atoms with Crippen molar-refractivity contribution in [3.8, 4) is 0 Å². The fourth-order valence-electron chi connectivity index (χ4n) is 2.69. The number of ketones is 1. The predicted molar refractivity (Wildman–Crippen MR) is 105 cm³/mol. The van der Waals surface area contributed by atoms with Crippen LogP contribution in [0.2, 0.25) is 5.02 Å². The highest BCUT2D eigenvalue weighted by molar-refractivity contribution is 8.00. The van der Waals surface area contributed by atoms with Crippen LogP contribution in [0.5, 0.6) is 0 Å². The number of rotatable bonds is 5. The number of thioether (sulfide) groups is 1. The van der Waals surface area contributed by atoms with Gasteiger partial charge in [-0.2, -0.15) is 0 Å². The van der Waals surface area contributed by atoms with Gasteiger partial charge in [-0.1, -0.05) is 84.0 Å². The largest absolute Gasteiger partial charge is 0.431 e. The molecule has 0 saturated carbocycles. The smallest absolute Gasteiger partial charge is 0.257 e. The van der Waals surface area contributed by atoms with E-state index in [4.69, 9.17) is 16.0 Å². The first-order valence-electron chi connectivity index (χ1n) is 8.08. The minimum Gasteiger partial charge on any atom is -0.431 e. The van der Waals surface area contributed by atoms with Crippen molar-refractivity contribution in [2.75, 3.05) is 0 Å². The zero-order valence-corrected chi connectivity index (χ0v) is 15.2. The van der Waals surface area contributed by atoms with Crippen LogP contribution in [0, 0.1) is 0 Å². The van der Waals surface area contributed by atoms with Gasteiger partial charge in [0, 0.05) is 10.6 Å². The highest BCUT2D eigenvalue weighted by Crippen LogP contribution is 2.38. The molecule has 26 heavy (non-hydrogen) atoms. The second kappa shape index (κ2) is 7.36. The molecule has 4 rings (SSSR count). The number of benzene rings is 3. The Hall–Kier alpha value is -2.56. The lowest BCUT2D eigenvalue weighted by molar-refractivity contribution is 0.0989. The van der Waals surface area contributed by atoms with Gasteiger partial charge in [0.15, 0.2) is 11.4 Å². The minimum absolute atomic E-state index is 0.0158. The highest BCUT2D eigenvalue weighted by Gasteiger charge is 2.25. The monoisotopic (exact) mass is 379 g/mol. The van der Waals surface area contributed by atoms with Crippen LogP contribution in [0.25, 0.3) is 11.1 Å². The minimum atomic E-state index is -0.442. The van der Waals surface area contributed by atoms with Crippen LogP contribution < -0.4 is 0 Å². The number of oxazole rings is 1. The molecule has 0 saturated heterocycles. The fraction of sp³-hybridized carbons (Fsp3) is 0.0476. The lowest BCUT2D eigenvalue weighted by atomic mass is 10.0. The lowest BCUT2D eigenvalue weighted by Crippen LogP contribution is -2.09. The summed E-state index contributed by atoms with van der Waals surface area (Å²) in [6.45, 7) is 0. The summed E-state index contributed by atoms with van der Waals surface area (Å²) in [5.74, 6) is 0.0158. The molecule has 3 nitrogen and oxygen atoms in total. The Bertz CT molecular complexity index is 1050. The van der Waals surface area contributed by atoms with Crippen molar-refractivity contribution in [2.45, 2.75) is 10.5 Å². The first-order valence-corrected chi connectivity index (χ1v) is 9.33. The summed E-state index contributed by atoms with van der Waals surface area (Å²) in [4.78, 5) is 17.6. The van der Waals surface area contributed by atoms with Gasteiger partial charge in [0.2, 0.25) is 0 Å². The molecule has 0 bridgehead atoms. The van der Waals surface area contributed by atoms with Crippen molar-refractivity contribution in [1.29, 1.82) is 0 Å². The van der Waals surface area contributed by atoms with Gasteiger partial charge in [-0.05, 0) is 23.8 Å². The van der Waals surface area contributed by atoms with E-state index < -0.39 is 5.25 Å². The van der Waals surface area contributed by atoms with Gasteiger partial charge < -0.3 is 4.42 Å². The summed E-state index contributed by atoms with van der Waals surface area (Å²) in [5, 5.41) is 0.602. The van der Waals surface area contributed by atoms with Crippen molar-refractivity contribution in [3.05, 3.63) is 95.0 Å². The average molecular weight is 380 g/mol. The Labute approximate surface area is 160 Å². The second-order valence-electron chi connectivity index (χ2n) is 5.73. The molecule has 0 spiro atoms. The van der Waals surface area contributed by atoms with Gasteiger partial charge in [-0.15, -0.1) is 0 Å². The Balaban J connectivity index is 1.71. The molecule has 0 aliphatic rings. The quantitative estimate of drug-likeness (QED) is 0.306. The summed E-state index contributed by atoms with van der Waals surface area (Å²) in [5.41, 5.74) is 2.90. The molecule has 1 aromatic heterocycles. The predicted octanol–water partition coefficient (Wildman–Crippen LogP) is 6.20. The summed E-state index contributed by atoms with van der Waals surface area (Å²) in [6.07, 6.45) is 0. The number of halogens is 1. The van der Waals surface area contributed by atoms with Crippen LogP contribution >= 0.6 is 23.4 Å². The fourth-order valence-corrected chi connectivity index (χ4v) is 3.88. The molecular formula is C21H14ClNO2S. The van der Waals surface area contributed by atoms with Crippen LogP contribution in [0.3, 0.4) is 0 Å². The number of carbonyl (C=O) groups excluding carboxylic acids is 1. The van der Waals surface area contributed by atoms with Gasteiger partial charge >= 0.3 is 0 Å². The van der Waals surface area contributed by atoms with E-state index in [1.807, 2.05) is 60.7 Å². The summed E-state index contributed by atoms with van der Waals surface area (Å²) < 4.78 is 5.80. The number of Topliss-reactive ketones (excluding diaryl/α,β-unsaturated/α-hetero) is 1. The number of carbonyl (C=O) groups is 1. The van der Waals surface area contributed by atoms with E-state index in [1.54, 1.807) is 18.2 Å². The molecule has 0 N–H and O–H groups in total. The van der Waals surface area contributed by atoms with Crippen LogP contribution in [-0.4, -0.2) is 10.8 Å². The van der Waals surface area contributed by atoms with Crippen LogP contribution in [0.1, 0.15) is 21.2 Å². The Morgan fingerprint density at radius 3 is 2.38 bits per heavy atom. The number of fused-ring (bicyclic) bond motifs is 1. The van der Waals surface area contributed by atoms with Crippen LogP contribution in [0.15, 0.2) is 88.5 Å². The van der Waals surface area contributed by atoms with Gasteiger partial charge in [-0.3, -0.25) is 4.79 Å². The van der Waals surface area contributed by atoms with E-state index in [-0.39, 0.29) is 5.78 Å².